The third-order valence-corrected chi connectivity index (χ3v) is 4.15. The summed E-state index contributed by atoms with van der Waals surface area (Å²) in [6.07, 6.45) is 6.55. The van der Waals surface area contributed by atoms with Crippen LogP contribution in [0.3, 0.4) is 0 Å². The van der Waals surface area contributed by atoms with E-state index in [0.717, 1.165) is 17.6 Å². The van der Waals surface area contributed by atoms with Crippen LogP contribution in [0, 0.1) is 6.92 Å². The van der Waals surface area contributed by atoms with E-state index in [0.29, 0.717) is 24.2 Å². The standard InChI is InChI=1S/C22H30O5/c1-15(7-6-8-17(3)23)11-20(25)14-22(4,26)10-9-18-13-19(24)12-16(2)21(18)27-5/h9-13,24,26H,6-8,14H2,1-5H3/t22-/m0/s1. The molecule has 0 fully saturated rings. The molecule has 0 aromatic heterocycles. The summed E-state index contributed by atoms with van der Waals surface area (Å²) in [5.74, 6) is 0.670. The molecule has 0 spiro atoms. The van der Waals surface area contributed by atoms with E-state index in [9.17, 15) is 19.8 Å². The lowest BCUT2D eigenvalue weighted by atomic mass is 9.95. The van der Waals surface area contributed by atoms with Crippen molar-refractivity contribution in [1.29, 1.82) is 0 Å². The summed E-state index contributed by atoms with van der Waals surface area (Å²) in [5, 5.41) is 20.3. The van der Waals surface area contributed by atoms with Gasteiger partial charge in [0, 0.05) is 18.4 Å². The Morgan fingerprint density at radius 3 is 2.48 bits per heavy atom. The number of hydrogen-bond acceptors (Lipinski definition) is 5. The van der Waals surface area contributed by atoms with Crippen LogP contribution in [0.5, 0.6) is 11.5 Å². The predicted molar refractivity (Wildman–Crippen MR) is 107 cm³/mol. The molecule has 1 rings (SSSR count). The van der Waals surface area contributed by atoms with Crippen molar-refractivity contribution in [3.05, 3.63) is 41.0 Å². The van der Waals surface area contributed by atoms with Crippen molar-refractivity contribution in [2.24, 2.45) is 0 Å². The number of phenolic OH excluding ortho intramolecular Hbond substituents is 1. The normalized spacial score (nSPS) is 14.2. The minimum absolute atomic E-state index is 0.0618. The number of aromatic hydroxyl groups is 1. The van der Waals surface area contributed by atoms with Crippen molar-refractivity contribution in [3.8, 4) is 11.5 Å². The highest BCUT2D eigenvalue weighted by atomic mass is 16.5. The third-order valence-electron chi connectivity index (χ3n) is 4.15. The zero-order valence-corrected chi connectivity index (χ0v) is 16.8. The Labute approximate surface area is 161 Å². The molecule has 5 nitrogen and oxygen atoms in total. The second-order valence-corrected chi connectivity index (χ2v) is 7.26. The van der Waals surface area contributed by atoms with Gasteiger partial charge in [-0.05, 0) is 64.3 Å². The molecule has 0 heterocycles. The number of aryl methyl sites for hydroxylation is 1. The van der Waals surface area contributed by atoms with Gasteiger partial charge in [-0.1, -0.05) is 17.7 Å². The molecule has 0 saturated heterocycles. The van der Waals surface area contributed by atoms with E-state index in [-0.39, 0.29) is 23.7 Å². The SMILES string of the molecule is COc1c(C)cc(O)cc1C=C[C@](C)(O)CC(=O)C=C(C)CCCC(C)=O. The van der Waals surface area contributed by atoms with Crippen LogP contribution < -0.4 is 4.74 Å². The zero-order chi connectivity index (χ0) is 20.6. The van der Waals surface area contributed by atoms with Crippen molar-refractivity contribution in [3.63, 3.8) is 0 Å². The lowest BCUT2D eigenvalue weighted by Crippen LogP contribution is -2.24. The molecule has 0 aliphatic heterocycles. The van der Waals surface area contributed by atoms with Crippen molar-refractivity contribution in [2.45, 2.75) is 59.0 Å². The summed E-state index contributed by atoms with van der Waals surface area (Å²) in [7, 11) is 1.54. The predicted octanol–water partition coefficient (Wildman–Crippen LogP) is 4.14. The number of methoxy groups -OCH3 is 1. The molecule has 0 aliphatic rings. The molecule has 0 aliphatic carbocycles. The number of benzene rings is 1. The topological polar surface area (TPSA) is 83.8 Å². The molecule has 1 aromatic rings. The first kappa shape index (κ1) is 22.6. The molecule has 0 radical (unpaired) electrons. The molecule has 27 heavy (non-hydrogen) atoms. The van der Waals surface area contributed by atoms with Gasteiger partial charge in [0.25, 0.3) is 0 Å². The van der Waals surface area contributed by atoms with E-state index in [2.05, 4.69) is 0 Å². The van der Waals surface area contributed by atoms with Gasteiger partial charge in [0.2, 0.25) is 0 Å². The molecular formula is C22H30O5. The number of Topliss-reactive ketones (excluding diaryl/α,β-unsaturated/α-hetero) is 1. The molecule has 0 bridgehead atoms. The second-order valence-electron chi connectivity index (χ2n) is 7.26. The van der Waals surface area contributed by atoms with Crippen molar-refractivity contribution in [2.75, 3.05) is 7.11 Å². The lowest BCUT2D eigenvalue weighted by molar-refractivity contribution is -0.118. The first-order valence-electron chi connectivity index (χ1n) is 9.02. The van der Waals surface area contributed by atoms with Gasteiger partial charge >= 0.3 is 0 Å². The molecule has 1 atom stereocenters. The van der Waals surface area contributed by atoms with E-state index in [4.69, 9.17) is 4.74 Å². The summed E-state index contributed by atoms with van der Waals surface area (Å²) in [6, 6.07) is 3.14. The number of rotatable bonds is 10. The van der Waals surface area contributed by atoms with Gasteiger partial charge in [0.1, 0.15) is 17.3 Å². The van der Waals surface area contributed by atoms with Crippen LogP contribution in [0.25, 0.3) is 6.08 Å². The van der Waals surface area contributed by atoms with Gasteiger partial charge in [-0.3, -0.25) is 4.79 Å². The Hall–Kier alpha value is -2.40. The molecule has 0 unspecified atom stereocenters. The number of ketones is 2. The molecule has 0 amide bonds. The van der Waals surface area contributed by atoms with Gasteiger partial charge in [-0.15, -0.1) is 0 Å². The fraction of sp³-hybridized carbons (Fsp3) is 0.455. The number of hydrogen-bond donors (Lipinski definition) is 2. The maximum Gasteiger partial charge on any atom is 0.158 e. The number of allylic oxidation sites excluding steroid dienone is 2. The van der Waals surface area contributed by atoms with E-state index in [1.807, 2.05) is 13.8 Å². The fourth-order valence-corrected chi connectivity index (χ4v) is 2.88. The van der Waals surface area contributed by atoms with Crippen LogP contribution in [0.4, 0.5) is 0 Å². The Kier molecular flexibility index (Phi) is 8.44. The Bertz CT molecular complexity index is 741. The number of ether oxygens (including phenoxy) is 1. The van der Waals surface area contributed by atoms with Gasteiger partial charge in [0.05, 0.1) is 12.7 Å². The third kappa shape index (κ3) is 8.22. The monoisotopic (exact) mass is 374 g/mol. The smallest absolute Gasteiger partial charge is 0.158 e. The molecule has 0 saturated carbocycles. The Morgan fingerprint density at radius 2 is 1.89 bits per heavy atom. The molecule has 1 aromatic carbocycles. The Balaban J connectivity index is 2.79. The summed E-state index contributed by atoms with van der Waals surface area (Å²) >= 11 is 0. The van der Waals surface area contributed by atoms with E-state index in [1.165, 1.54) is 19.3 Å². The fourth-order valence-electron chi connectivity index (χ4n) is 2.88. The summed E-state index contributed by atoms with van der Waals surface area (Å²) in [5.41, 5.74) is 0.958. The number of carbonyl (C=O) groups is 2. The molecule has 148 valence electrons. The molecule has 2 N–H and O–H groups in total. The van der Waals surface area contributed by atoms with Crippen LogP contribution in [-0.4, -0.2) is 34.5 Å². The summed E-state index contributed by atoms with van der Waals surface area (Å²) < 4.78 is 5.34. The van der Waals surface area contributed by atoms with Crippen LogP contribution in [0.2, 0.25) is 0 Å². The number of carbonyl (C=O) groups excluding carboxylic acids is 2. The van der Waals surface area contributed by atoms with Crippen molar-refractivity contribution >= 4 is 17.6 Å². The number of aliphatic hydroxyl groups is 1. The van der Waals surface area contributed by atoms with Gasteiger partial charge < -0.3 is 19.7 Å². The largest absolute Gasteiger partial charge is 0.508 e. The van der Waals surface area contributed by atoms with E-state index >= 15 is 0 Å². The average molecular weight is 374 g/mol. The summed E-state index contributed by atoms with van der Waals surface area (Å²) in [4.78, 5) is 23.2. The van der Waals surface area contributed by atoms with Crippen LogP contribution in [0.15, 0.2) is 29.9 Å². The van der Waals surface area contributed by atoms with Crippen LogP contribution in [0.1, 0.15) is 57.6 Å². The van der Waals surface area contributed by atoms with Gasteiger partial charge in [-0.2, -0.15) is 0 Å². The van der Waals surface area contributed by atoms with Crippen molar-refractivity contribution < 1.29 is 24.5 Å². The molecular weight excluding hydrogens is 344 g/mol. The lowest BCUT2D eigenvalue weighted by Gasteiger charge is -2.18. The highest BCUT2D eigenvalue weighted by Gasteiger charge is 2.20. The Morgan fingerprint density at radius 1 is 1.22 bits per heavy atom. The molecule has 5 heteroatoms. The maximum atomic E-state index is 12.2. The average Bonchev–Trinajstić information content (AvgIpc) is 2.51. The zero-order valence-electron chi connectivity index (χ0n) is 16.8. The van der Waals surface area contributed by atoms with Crippen LogP contribution in [-0.2, 0) is 9.59 Å². The second kappa shape index (κ2) is 10.1. The minimum Gasteiger partial charge on any atom is -0.508 e. The number of phenols is 1. The van der Waals surface area contributed by atoms with E-state index in [1.54, 1.807) is 32.1 Å². The maximum absolute atomic E-state index is 12.2. The van der Waals surface area contributed by atoms with Gasteiger partial charge in [-0.25, -0.2) is 0 Å². The first-order valence-corrected chi connectivity index (χ1v) is 9.02. The summed E-state index contributed by atoms with van der Waals surface area (Å²) in [6.45, 7) is 6.78. The van der Waals surface area contributed by atoms with Crippen molar-refractivity contribution in [1.82, 2.24) is 0 Å². The first-order chi connectivity index (χ1) is 12.5. The quantitative estimate of drug-likeness (QED) is 0.601. The highest BCUT2D eigenvalue weighted by molar-refractivity contribution is 5.91. The van der Waals surface area contributed by atoms with Gasteiger partial charge in [0.15, 0.2) is 5.78 Å². The van der Waals surface area contributed by atoms with E-state index < -0.39 is 5.60 Å². The highest BCUT2D eigenvalue weighted by Crippen LogP contribution is 2.30. The van der Waals surface area contributed by atoms with Crippen LogP contribution >= 0.6 is 0 Å². The minimum atomic E-state index is -1.34.